The van der Waals surface area contributed by atoms with Crippen molar-refractivity contribution in [3.8, 4) is 5.75 Å². The van der Waals surface area contributed by atoms with E-state index >= 15 is 0 Å². The predicted octanol–water partition coefficient (Wildman–Crippen LogP) is 4.05. The monoisotopic (exact) mass is 376 g/mol. The summed E-state index contributed by atoms with van der Waals surface area (Å²) in [6.07, 6.45) is -3.06. The minimum atomic E-state index is -4.46. The molecule has 0 atom stereocenters. The molecule has 0 saturated carbocycles. The van der Waals surface area contributed by atoms with Crippen molar-refractivity contribution in [3.63, 3.8) is 0 Å². The molecule has 0 saturated heterocycles. The minimum absolute atomic E-state index is 0.0793. The molecule has 0 fully saturated rings. The van der Waals surface area contributed by atoms with Crippen LogP contribution in [-0.2, 0) is 12.6 Å². The molecule has 0 aliphatic rings. The standard InChI is InChI=1S/C14H9Cl2F3N4O/c1-24-10-5-8(14(17,18)19)3-2-7(10)4-9-11(15)22-13-20-6-21-23(13)12(9)16/h2-3,5-6H,4H2,1H3. The molecule has 0 amide bonds. The number of methoxy groups -OCH3 is 1. The van der Waals surface area contributed by atoms with E-state index in [0.717, 1.165) is 12.1 Å². The van der Waals surface area contributed by atoms with Crippen LogP contribution in [0, 0.1) is 0 Å². The van der Waals surface area contributed by atoms with Crippen molar-refractivity contribution in [2.24, 2.45) is 0 Å². The highest BCUT2D eigenvalue weighted by Crippen LogP contribution is 2.35. The average Bonchev–Trinajstić information content (AvgIpc) is 2.98. The molecule has 1 aromatic carbocycles. The summed E-state index contributed by atoms with van der Waals surface area (Å²) in [7, 11) is 1.29. The number of fused-ring (bicyclic) bond motifs is 1. The number of hydrogen-bond acceptors (Lipinski definition) is 4. The maximum Gasteiger partial charge on any atom is 0.416 e. The second-order valence-electron chi connectivity index (χ2n) is 4.84. The largest absolute Gasteiger partial charge is 0.496 e. The molecule has 0 unspecified atom stereocenters. The van der Waals surface area contributed by atoms with E-state index in [0.29, 0.717) is 11.1 Å². The summed E-state index contributed by atoms with van der Waals surface area (Å²) in [6.45, 7) is 0. The Bertz CT molecular complexity index is 911. The summed E-state index contributed by atoms with van der Waals surface area (Å²) >= 11 is 12.4. The van der Waals surface area contributed by atoms with Crippen LogP contribution in [0.1, 0.15) is 16.7 Å². The van der Waals surface area contributed by atoms with Gasteiger partial charge in [0.25, 0.3) is 5.78 Å². The first-order valence-electron chi connectivity index (χ1n) is 6.59. The summed E-state index contributed by atoms with van der Waals surface area (Å²) in [5, 5.41) is 4.21. The molecule has 0 aliphatic heterocycles. The van der Waals surface area contributed by atoms with Gasteiger partial charge in [-0.15, -0.1) is 0 Å². The lowest BCUT2D eigenvalue weighted by molar-refractivity contribution is -0.137. The van der Waals surface area contributed by atoms with Gasteiger partial charge >= 0.3 is 6.18 Å². The summed E-state index contributed by atoms with van der Waals surface area (Å²) in [5.41, 5.74) is 0.0927. The third kappa shape index (κ3) is 2.99. The third-order valence-corrected chi connectivity index (χ3v) is 4.09. The highest BCUT2D eigenvalue weighted by Gasteiger charge is 2.31. The van der Waals surface area contributed by atoms with Crippen LogP contribution in [0.15, 0.2) is 24.5 Å². The number of halogens is 5. The first kappa shape index (κ1) is 16.8. The van der Waals surface area contributed by atoms with E-state index in [1.54, 1.807) is 0 Å². The molecule has 0 spiro atoms. The van der Waals surface area contributed by atoms with Gasteiger partial charge in [0.2, 0.25) is 0 Å². The number of benzene rings is 1. The normalized spacial score (nSPS) is 11.9. The highest BCUT2D eigenvalue weighted by molar-refractivity contribution is 6.34. The molecular formula is C14H9Cl2F3N4O. The molecule has 10 heteroatoms. The molecular weight excluding hydrogens is 368 g/mol. The molecule has 126 valence electrons. The van der Waals surface area contributed by atoms with Crippen molar-refractivity contribution >= 4 is 29.0 Å². The summed E-state index contributed by atoms with van der Waals surface area (Å²) < 4.78 is 44.8. The van der Waals surface area contributed by atoms with Crippen LogP contribution >= 0.6 is 23.2 Å². The van der Waals surface area contributed by atoms with Gasteiger partial charge in [-0.05, 0) is 17.7 Å². The lowest BCUT2D eigenvalue weighted by atomic mass is 10.0. The SMILES string of the molecule is COc1cc(C(F)(F)F)ccc1Cc1c(Cl)nc2ncnn2c1Cl. The van der Waals surface area contributed by atoms with Crippen molar-refractivity contribution in [1.29, 1.82) is 0 Å². The van der Waals surface area contributed by atoms with E-state index in [-0.39, 0.29) is 28.3 Å². The zero-order valence-electron chi connectivity index (χ0n) is 12.1. The van der Waals surface area contributed by atoms with E-state index in [1.165, 1.54) is 24.0 Å². The van der Waals surface area contributed by atoms with Crippen LogP contribution in [0.5, 0.6) is 5.75 Å². The van der Waals surface area contributed by atoms with Gasteiger partial charge in [0.1, 0.15) is 22.4 Å². The summed E-state index contributed by atoms with van der Waals surface area (Å²) in [5.74, 6) is 0.309. The number of nitrogens with zero attached hydrogens (tertiary/aromatic N) is 4. The summed E-state index contributed by atoms with van der Waals surface area (Å²) in [4.78, 5) is 7.94. The maximum atomic E-state index is 12.8. The van der Waals surface area contributed by atoms with Gasteiger partial charge < -0.3 is 4.74 Å². The highest BCUT2D eigenvalue weighted by atomic mass is 35.5. The fourth-order valence-electron chi connectivity index (χ4n) is 2.22. The fourth-order valence-corrected chi connectivity index (χ4v) is 2.78. The van der Waals surface area contributed by atoms with Crippen molar-refractivity contribution in [1.82, 2.24) is 19.6 Å². The van der Waals surface area contributed by atoms with Gasteiger partial charge in [-0.2, -0.15) is 32.8 Å². The molecule has 3 aromatic rings. The molecule has 0 aliphatic carbocycles. The van der Waals surface area contributed by atoms with Crippen molar-refractivity contribution in [2.45, 2.75) is 12.6 Å². The van der Waals surface area contributed by atoms with Gasteiger partial charge in [-0.3, -0.25) is 0 Å². The average molecular weight is 377 g/mol. The molecule has 5 nitrogen and oxygen atoms in total. The maximum absolute atomic E-state index is 12.8. The first-order chi connectivity index (χ1) is 11.3. The molecule has 2 aromatic heterocycles. The number of aromatic nitrogens is 4. The van der Waals surface area contributed by atoms with Crippen LogP contribution in [0.2, 0.25) is 10.3 Å². The van der Waals surface area contributed by atoms with Crippen LogP contribution < -0.4 is 4.74 Å². The van der Waals surface area contributed by atoms with Gasteiger partial charge in [0.15, 0.2) is 0 Å². The molecule has 0 bridgehead atoms. The first-order valence-corrected chi connectivity index (χ1v) is 7.34. The van der Waals surface area contributed by atoms with Crippen molar-refractivity contribution in [2.75, 3.05) is 7.11 Å². The van der Waals surface area contributed by atoms with E-state index in [9.17, 15) is 13.2 Å². The Kier molecular flexibility index (Phi) is 4.27. The molecule has 0 N–H and O–H groups in total. The van der Waals surface area contributed by atoms with Crippen LogP contribution in [0.3, 0.4) is 0 Å². The Balaban J connectivity index is 2.05. The lowest BCUT2D eigenvalue weighted by Crippen LogP contribution is -2.07. The third-order valence-electron chi connectivity index (χ3n) is 3.39. The topological polar surface area (TPSA) is 52.3 Å². The van der Waals surface area contributed by atoms with E-state index < -0.39 is 11.7 Å². The van der Waals surface area contributed by atoms with Crippen LogP contribution in [-0.4, -0.2) is 26.7 Å². The molecule has 3 rings (SSSR count). The zero-order valence-corrected chi connectivity index (χ0v) is 13.6. The van der Waals surface area contributed by atoms with Crippen LogP contribution in [0.25, 0.3) is 5.78 Å². The Morgan fingerprint density at radius 3 is 2.67 bits per heavy atom. The Labute approximate surface area is 144 Å². The molecule has 0 radical (unpaired) electrons. The van der Waals surface area contributed by atoms with Gasteiger partial charge in [-0.25, -0.2) is 0 Å². The fraction of sp³-hybridized carbons (Fsp3) is 0.214. The summed E-state index contributed by atoms with van der Waals surface area (Å²) in [6, 6.07) is 3.22. The second kappa shape index (κ2) is 6.10. The Morgan fingerprint density at radius 1 is 1.25 bits per heavy atom. The van der Waals surface area contributed by atoms with E-state index in [4.69, 9.17) is 27.9 Å². The van der Waals surface area contributed by atoms with Crippen LogP contribution in [0.4, 0.5) is 13.2 Å². The quantitative estimate of drug-likeness (QED) is 0.647. The molecule has 2 heterocycles. The zero-order chi connectivity index (χ0) is 17.5. The number of hydrogen-bond donors (Lipinski definition) is 0. The lowest BCUT2D eigenvalue weighted by Gasteiger charge is -2.14. The van der Waals surface area contributed by atoms with Crippen molar-refractivity contribution in [3.05, 3.63) is 51.5 Å². The van der Waals surface area contributed by atoms with E-state index in [2.05, 4.69) is 15.1 Å². The minimum Gasteiger partial charge on any atom is -0.496 e. The van der Waals surface area contributed by atoms with Gasteiger partial charge in [-0.1, -0.05) is 29.3 Å². The van der Waals surface area contributed by atoms with Gasteiger partial charge in [0, 0.05) is 12.0 Å². The number of ether oxygens (including phenoxy) is 1. The predicted molar refractivity (Wildman–Crippen MR) is 81.6 cm³/mol. The smallest absolute Gasteiger partial charge is 0.416 e. The van der Waals surface area contributed by atoms with Gasteiger partial charge in [0.05, 0.1) is 12.7 Å². The number of alkyl halides is 3. The van der Waals surface area contributed by atoms with E-state index in [1.807, 2.05) is 0 Å². The molecule has 24 heavy (non-hydrogen) atoms. The van der Waals surface area contributed by atoms with Crippen molar-refractivity contribution < 1.29 is 17.9 Å². The number of rotatable bonds is 3. The second-order valence-corrected chi connectivity index (χ2v) is 5.56. The Hall–Kier alpha value is -2.06. The Morgan fingerprint density at radius 2 is 2.00 bits per heavy atom.